The number of aliphatic hydroxyl groups excluding tert-OH is 1. The third-order valence-electron chi connectivity index (χ3n) is 7.81. The number of benzene rings is 1. The molecule has 1 aromatic carbocycles. The zero-order chi connectivity index (χ0) is 28.8. The molecule has 0 aliphatic carbocycles. The highest BCUT2D eigenvalue weighted by Gasteiger charge is 2.24. The number of amides is 2. The highest BCUT2D eigenvalue weighted by atomic mass is 35.5. The molecule has 218 valence electrons. The number of aromatic nitrogens is 4. The molecular formula is C29H36ClN7O4. The van der Waals surface area contributed by atoms with Crippen molar-refractivity contribution in [2.24, 2.45) is 5.92 Å². The molecule has 12 heteroatoms. The van der Waals surface area contributed by atoms with Crippen LogP contribution in [0.2, 0.25) is 5.02 Å². The van der Waals surface area contributed by atoms with Crippen LogP contribution in [0.15, 0.2) is 36.9 Å². The van der Waals surface area contributed by atoms with Gasteiger partial charge in [-0.15, -0.1) is 0 Å². The maximum absolute atomic E-state index is 12.8. The van der Waals surface area contributed by atoms with E-state index in [2.05, 4.69) is 30.4 Å². The fourth-order valence-corrected chi connectivity index (χ4v) is 5.81. The van der Waals surface area contributed by atoms with Crippen molar-refractivity contribution in [2.75, 3.05) is 32.7 Å². The largest absolute Gasteiger partial charge is 0.487 e. The number of rotatable bonds is 10. The van der Waals surface area contributed by atoms with Gasteiger partial charge in [0.1, 0.15) is 24.4 Å². The molecule has 2 aromatic heterocycles. The Morgan fingerprint density at radius 2 is 2.07 bits per heavy atom. The van der Waals surface area contributed by atoms with Gasteiger partial charge in [-0.05, 0) is 54.9 Å². The lowest BCUT2D eigenvalue weighted by molar-refractivity contribution is -0.130. The average Bonchev–Trinajstić information content (AvgIpc) is 3.50. The molecule has 0 bridgehead atoms. The number of nitrogens with one attached hydrogen (secondary N) is 2. The molecule has 1 atom stereocenters. The third kappa shape index (κ3) is 7.60. The average molecular weight is 582 g/mol. The van der Waals surface area contributed by atoms with E-state index in [4.69, 9.17) is 16.3 Å². The van der Waals surface area contributed by atoms with Gasteiger partial charge in [0.15, 0.2) is 0 Å². The Balaban J connectivity index is 1.07. The number of nitrogens with zero attached hydrogens (tertiary/aromatic N) is 5. The maximum Gasteiger partial charge on any atom is 0.270 e. The molecule has 2 aliphatic heterocycles. The lowest BCUT2D eigenvalue weighted by atomic mass is 9.92. The first-order valence-corrected chi connectivity index (χ1v) is 14.4. The molecule has 0 saturated carbocycles. The summed E-state index contributed by atoms with van der Waals surface area (Å²) in [5.41, 5.74) is 4.21. The minimum Gasteiger partial charge on any atom is -0.487 e. The quantitative estimate of drug-likeness (QED) is 0.332. The van der Waals surface area contributed by atoms with Crippen LogP contribution in [0.3, 0.4) is 0 Å². The number of H-pyrrole nitrogens is 1. The molecule has 2 amide bonds. The van der Waals surface area contributed by atoms with Crippen molar-refractivity contribution in [2.45, 2.75) is 51.9 Å². The highest BCUT2D eigenvalue weighted by Crippen LogP contribution is 2.34. The Morgan fingerprint density at radius 1 is 1.24 bits per heavy atom. The van der Waals surface area contributed by atoms with Crippen LogP contribution in [0.4, 0.5) is 0 Å². The molecule has 0 unspecified atom stereocenters. The molecule has 1 fully saturated rings. The number of hydrogen-bond donors (Lipinski definition) is 3. The summed E-state index contributed by atoms with van der Waals surface area (Å²) in [6, 6.07) is 5.62. The molecule has 3 aromatic rings. The predicted octanol–water partition coefficient (Wildman–Crippen LogP) is 2.38. The lowest BCUT2D eigenvalue weighted by Gasteiger charge is -2.31. The lowest BCUT2D eigenvalue weighted by Crippen LogP contribution is -2.42. The number of halogens is 1. The summed E-state index contributed by atoms with van der Waals surface area (Å²) >= 11 is 6.66. The minimum absolute atomic E-state index is 0.114. The predicted molar refractivity (Wildman–Crippen MR) is 152 cm³/mol. The zero-order valence-electron chi connectivity index (χ0n) is 23.2. The van der Waals surface area contributed by atoms with Gasteiger partial charge < -0.3 is 20.1 Å². The second kappa shape index (κ2) is 13.4. The van der Waals surface area contributed by atoms with E-state index in [0.29, 0.717) is 36.4 Å². The number of fused-ring (bicyclic) bond motifs is 1. The van der Waals surface area contributed by atoms with E-state index in [-0.39, 0.29) is 24.1 Å². The van der Waals surface area contributed by atoms with Gasteiger partial charge in [-0.1, -0.05) is 17.7 Å². The Kier molecular flexibility index (Phi) is 9.48. The summed E-state index contributed by atoms with van der Waals surface area (Å²) in [6.07, 6.45) is 7.51. The van der Waals surface area contributed by atoms with E-state index in [9.17, 15) is 14.7 Å². The summed E-state index contributed by atoms with van der Waals surface area (Å²) in [5, 5.41) is 20.8. The van der Waals surface area contributed by atoms with Gasteiger partial charge >= 0.3 is 0 Å². The van der Waals surface area contributed by atoms with Crippen molar-refractivity contribution < 1.29 is 19.4 Å². The molecular weight excluding hydrogens is 546 g/mol. The van der Waals surface area contributed by atoms with E-state index in [1.165, 1.54) is 6.33 Å². The number of piperidine rings is 1. The van der Waals surface area contributed by atoms with E-state index < -0.39 is 6.10 Å². The number of hydrogen-bond acceptors (Lipinski definition) is 8. The fourth-order valence-electron chi connectivity index (χ4n) is 5.48. The first-order valence-electron chi connectivity index (χ1n) is 14.0. The van der Waals surface area contributed by atoms with Crippen molar-refractivity contribution in [3.8, 4) is 5.75 Å². The number of ether oxygens (including phenoxy) is 1. The summed E-state index contributed by atoms with van der Waals surface area (Å²) in [6.45, 7) is 5.44. The van der Waals surface area contributed by atoms with Crippen LogP contribution in [0.1, 0.15) is 52.6 Å². The molecule has 3 N–H and O–H groups in total. The van der Waals surface area contributed by atoms with Crippen LogP contribution in [-0.2, 0) is 30.8 Å². The van der Waals surface area contributed by atoms with Crippen molar-refractivity contribution in [1.82, 2.24) is 35.3 Å². The molecule has 0 spiro atoms. The number of carbonyl (C=O) groups is 2. The van der Waals surface area contributed by atoms with Gasteiger partial charge in [0.05, 0.1) is 17.3 Å². The van der Waals surface area contributed by atoms with Crippen LogP contribution < -0.4 is 10.1 Å². The number of β-amino-alcohol motifs (C(OH)–C–C–N with tert-alkyl or cyclic N) is 1. The maximum atomic E-state index is 12.8. The molecule has 2 aliphatic rings. The molecule has 5 rings (SSSR count). The van der Waals surface area contributed by atoms with Crippen molar-refractivity contribution in [1.29, 1.82) is 0 Å². The van der Waals surface area contributed by atoms with E-state index in [0.717, 1.165) is 67.7 Å². The molecule has 41 heavy (non-hydrogen) atoms. The molecule has 11 nitrogen and oxygen atoms in total. The Labute approximate surface area is 244 Å². The number of aromatic amines is 1. The van der Waals surface area contributed by atoms with Crippen LogP contribution in [0.25, 0.3) is 0 Å². The van der Waals surface area contributed by atoms with Gasteiger partial charge in [-0.3, -0.25) is 19.6 Å². The molecule has 1 saturated heterocycles. The number of carbonyl (C=O) groups excluding carboxylic acids is 2. The Bertz CT molecular complexity index is 1340. The van der Waals surface area contributed by atoms with Crippen LogP contribution >= 0.6 is 11.6 Å². The minimum atomic E-state index is -0.735. The van der Waals surface area contributed by atoms with Crippen molar-refractivity contribution in [3.05, 3.63) is 70.0 Å². The standard InChI is InChI=1S/C29H36ClN7O4/c1-19(38)37-8-4-20(5-9-37)10-23-11-26(33-18-32-23)29(40)31-14-24(39)16-36-7-6-25-22(15-36)2-3-27(28(25)30)41-17-21-12-34-35-13-21/h2-3,11-13,18,20,24,39H,4-10,14-17H2,1H3,(H,31,40)(H,34,35)/t24-/m0/s1. The van der Waals surface area contributed by atoms with Crippen molar-refractivity contribution in [3.63, 3.8) is 0 Å². The second-order valence-corrected chi connectivity index (χ2v) is 11.2. The highest BCUT2D eigenvalue weighted by molar-refractivity contribution is 6.33. The van der Waals surface area contributed by atoms with E-state index in [1.807, 2.05) is 17.0 Å². The number of aliphatic hydroxyl groups is 1. The van der Waals surface area contributed by atoms with Gasteiger partial charge in [0.2, 0.25) is 5.91 Å². The van der Waals surface area contributed by atoms with Gasteiger partial charge in [0, 0.05) is 63.6 Å². The van der Waals surface area contributed by atoms with E-state index in [1.54, 1.807) is 25.4 Å². The second-order valence-electron chi connectivity index (χ2n) is 10.8. The zero-order valence-corrected chi connectivity index (χ0v) is 23.9. The summed E-state index contributed by atoms with van der Waals surface area (Å²) < 4.78 is 5.88. The van der Waals surface area contributed by atoms with Crippen LogP contribution in [0.5, 0.6) is 5.75 Å². The van der Waals surface area contributed by atoms with Crippen molar-refractivity contribution >= 4 is 23.4 Å². The monoisotopic (exact) mass is 581 g/mol. The third-order valence-corrected chi connectivity index (χ3v) is 8.22. The van der Waals surface area contributed by atoms with E-state index >= 15 is 0 Å². The molecule has 4 heterocycles. The Hall–Kier alpha value is -3.54. The van der Waals surface area contributed by atoms with Gasteiger partial charge in [0.25, 0.3) is 5.91 Å². The SMILES string of the molecule is CC(=O)N1CCC(Cc2cc(C(=O)NC[C@H](O)CN3CCc4c(ccc(OCc5cn[nH]c5)c4Cl)C3)ncn2)CC1. The summed E-state index contributed by atoms with van der Waals surface area (Å²) in [5.74, 6) is 0.846. The smallest absolute Gasteiger partial charge is 0.270 e. The first-order chi connectivity index (χ1) is 19.9. The van der Waals surface area contributed by atoms with Crippen LogP contribution in [0, 0.1) is 5.92 Å². The summed E-state index contributed by atoms with van der Waals surface area (Å²) in [4.78, 5) is 36.8. The van der Waals surface area contributed by atoms with Gasteiger partial charge in [-0.2, -0.15) is 5.10 Å². The molecule has 0 radical (unpaired) electrons. The van der Waals surface area contributed by atoms with Crippen LogP contribution in [-0.4, -0.2) is 85.7 Å². The summed E-state index contributed by atoms with van der Waals surface area (Å²) in [7, 11) is 0. The first kappa shape index (κ1) is 29.0. The van der Waals surface area contributed by atoms with Gasteiger partial charge in [-0.25, -0.2) is 9.97 Å². The normalized spacial score (nSPS) is 16.7. The number of likely N-dealkylation sites (tertiary alicyclic amines) is 1. The fraction of sp³-hybridized carbons (Fsp3) is 0.483. The Morgan fingerprint density at radius 3 is 2.83 bits per heavy atom. The topological polar surface area (TPSA) is 137 Å².